The third-order valence-corrected chi connectivity index (χ3v) is 6.09. The second-order valence-electron chi connectivity index (χ2n) is 8.62. The van der Waals surface area contributed by atoms with Crippen molar-refractivity contribution in [2.45, 2.75) is 39.7 Å². The number of oxazole rings is 1. The van der Waals surface area contributed by atoms with E-state index in [1.54, 1.807) is 36.3 Å². The van der Waals surface area contributed by atoms with E-state index in [2.05, 4.69) is 24.3 Å². The first-order valence-electron chi connectivity index (χ1n) is 12.3. The molecule has 36 heavy (non-hydrogen) atoms. The van der Waals surface area contributed by atoms with Crippen LogP contribution >= 0.6 is 0 Å². The second kappa shape index (κ2) is 12.1. The number of rotatable bonds is 10. The van der Waals surface area contributed by atoms with Crippen LogP contribution in [0.15, 0.2) is 83.3 Å². The van der Waals surface area contributed by atoms with E-state index >= 15 is 0 Å². The average molecular weight is 485 g/mol. The van der Waals surface area contributed by atoms with Gasteiger partial charge in [-0.15, -0.1) is 0 Å². The van der Waals surface area contributed by atoms with Crippen molar-refractivity contribution >= 4 is 6.09 Å². The van der Waals surface area contributed by atoms with Crippen molar-refractivity contribution in [1.29, 1.82) is 0 Å². The highest BCUT2D eigenvalue weighted by molar-refractivity contribution is 5.70. The third-order valence-electron chi connectivity index (χ3n) is 6.09. The van der Waals surface area contributed by atoms with E-state index in [9.17, 15) is 4.79 Å². The van der Waals surface area contributed by atoms with Crippen LogP contribution in [0.5, 0.6) is 11.5 Å². The number of amides is 1. The van der Waals surface area contributed by atoms with Crippen LogP contribution in [0.3, 0.4) is 0 Å². The van der Waals surface area contributed by atoms with E-state index < -0.39 is 0 Å². The normalized spacial score (nSPS) is 10.8. The molecule has 0 saturated heterocycles. The van der Waals surface area contributed by atoms with Gasteiger partial charge in [-0.3, -0.25) is 0 Å². The summed E-state index contributed by atoms with van der Waals surface area (Å²) in [5, 5.41) is 0. The summed E-state index contributed by atoms with van der Waals surface area (Å²) in [6.07, 6.45) is 2.43. The smallest absolute Gasteiger partial charge is 0.415 e. The van der Waals surface area contributed by atoms with Crippen LogP contribution in [0.25, 0.3) is 11.5 Å². The molecule has 0 N–H and O–H groups in total. The van der Waals surface area contributed by atoms with Gasteiger partial charge in [0, 0.05) is 18.7 Å². The molecule has 6 nitrogen and oxygen atoms in total. The highest BCUT2D eigenvalue weighted by Crippen LogP contribution is 2.23. The lowest BCUT2D eigenvalue weighted by Gasteiger charge is -2.20. The molecule has 1 heterocycles. The summed E-state index contributed by atoms with van der Waals surface area (Å²) >= 11 is 0. The van der Waals surface area contributed by atoms with Gasteiger partial charge < -0.3 is 18.8 Å². The maximum atomic E-state index is 12.6. The molecular formula is C30H32N2O4. The molecule has 4 aromatic rings. The Morgan fingerprint density at radius 2 is 1.56 bits per heavy atom. The van der Waals surface area contributed by atoms with Crippen molar-refractivity contribution in [3.63, 3.8) is 0 Å². The number of nitrogens with zero attached hydrogens (tertiary/aromatic N) is 2. The van der Waals surface area contributed by atoms with Crippen LogP contribution in [0, 0.1) is 6.92 Å². The number of ether oxygens (including phenoxy) is 2. The largest absolute Gasteiger partial charge is 0.497 e. The molecule has 1 amide bonds. The van der Waals surface area contributed by atoms with Gasteiger partial charge in [-0.05, 0) is 80.6 Å². The molecule has 0 bridgehead atoms. The fraction of sp³-hybridized carbons (Fsp3) is 0.267. The van der Waals surface area contributed by atoms with E-state index in [0.29, 0.717) is 24.7 Å². The van der Waals surface area contributed by atoms with Crippen molar-refractivity contribution in [3.05, 3.63) is 101 Å². The molecule has 0 spiro atoms. The van der Waals surface area contributed by atoms with Crippen molar-refractivity contribution in [2.75, 3.05) is 13.7 Å². The van der Waals surface area contributed by atoms with Gasteiger partial charge >= 0.3 is 6.09 Å². The first-order chi connectivity index (χ1) is 17.6. The van der Waals surface area contributed by atoms with E-state index in [4.69, 9.17) is 18.9 Å². The third kappa shape index (κ3) is 6.54. The lowest BCUT2D eigenvalue weighted by atomic mass is 10.0. The molecule has 0 fully saturated rings. The minimum atomic E-state index is -0.371. The number of hydrogen-bond donors (Lipinski definition) is 0. The summed E-state index contributed by atoms with van der Waals surface area (Å²) in [5.74, 6) is 2.77. The van der Waals surface area contributed by atoms with Gasteiger partial charge in [0.1, 0.15) is 17.3 Å². The van der Waals surface area contributed by atoms with Gasteiger partial charge in [0.25, 0.3) is 0 Å². The lowest BCUT2D eigenvalue weighted by molar-refractivity contribution is 0.152. The van der Waals surface area contributed by atoms with Crippen LogP contribution in [-0.4, -0.2) is 29.6 Å². The Labute approximate surface area is 212 Å². The maximum absolute atomic E-state index is 12.6. The Kier molecular flexibility index (Phi) is 8.40. The first kappa shape index (κ1) is 25.0. The topological polar surface area (TPSA) is 64.8 Å². The molecule has 0 unspecified atom stereocenters. The zero-order valence-electron chi connectivity index (χ0n) is 21.1. The summed E-state index contributed by atoms with van der Waals surface area (Å²) in [4.78, 5) is 19.0. The summed E-state index contributed by atoms with van der Waals surface area (Å²) < 4.78 is 16.5. The van der Waals surface area contributed by atoms with E-state index in [-0.39, 0.29) is 6.09 Å². The van der Waals surface area contributed by atoms with Gasteiger partial charge in [0.05, 0.1) is 12.8 Å². The van der Waals surface area contributed by atoms with E-state index in [0.717, 1.165) is 47.6 Å². The number of carbonyl (C=O) groups excluding carboxylic acids is 1. The van der Waals surface area contributed by atoms with Gasteiger partial charge in [0.15, 0.2) is 0 Å². The number of aryl methyl sites for hydroxylation is 3. The summed E-state index contributed by atoms with van der Waals surface area (Å²) in [7, 11) is 1.60. The average Bonchev–Trinajstić information content (AvgIpc) is 3.29. The predicted molar refractivity (Wildman–Crippen MR) is 140 cm³/mol. The monoisotopic (exact) mass is 484 g/mol. The number of methoxy groups -OCH3 is 1. The zero-order valence-corrected chi connectivity index (χ0v) is 21.1. The van der Waals surface area contributed by atoms with Crippen LogP contribution < -0.4 is 9.47 Å². The molecule has 0 aliphatic carbocycles. The molecule has 4 rings (SSSR count). The Bertz CT molecular complexity index is 1250. The van der Waals surface area contributed by atoms with Crippen molar-refractivity contribution in [2.24, 2.45) is 0 Å². The number of aromatic nitrogens is 1. The van der Waals surface area contributed by atoms with Crippen LogP contribution in [0.2, 0.25) is 0 Å². The van der Waals surface area contributed by atoms with Crippen LogP contribution in [0.1, 0.15) is 35.9 Å². The lowest BCUT2D eigenvalue weighted by Crippen LogP contribution is -2.32. The van der Waals surface area contributed by atoms with Gasteiger partial charge in [-0.1, -0.05) is 42.5 Å². The number of benzene rings is 3. The van der Waals surface area contributed by atoms with E-state index in [1.807, 2.05) is 44.2 Å². The second-order valence-corrected chi connectivity index (χ2v) is 8.62. The fourth-order valence-corrected chi connectivity index (χ4v) is 3.97. The Morgan fingerprint density at radius 3 is 2.22 bits per heavy atom. The molecule has 186 valence electrons. The Hall–Kier alpha value is -4.06. The molecule has 1 aromatic heterocycles. The highest BCUT2D eigenvalue weighted by Gasteiger charge is 2.15. The van der Waals surface area contributed by atoms with E-state index in [1.165, 1.54) is 5.56 Å². The van der Waals surface area contributed by atoms with Crippen LogP contribution in [0.4, 0.5) is 4.79 Å². The molecule has 6 heteroatoms. The highest BCUT2D eigenvalue weighted by atomic mass is 16.6. The molecule has 0 atom stereocenters. The zero-order chi connectivity index (χ0) is 25.3. The molecule has 0 aliphatic heterocycles. The molecular weight excluding hydrogens is 452 g/mol. The minimum absolute atomic E-state index is 0.371. The molecule has 0 saturated carbocycles. The Morgan fingerprint density at radius 1 is 0.889 bits per heavy atom. The standard InChI is InChI=1S/C30H32N2O4/c1-4-32(30(33)36-27-19-17-26(34-3)18-20-27)21-24-15-13-23(14-16-24)9-8-12-28-22(2)35-29(31-28)25-10-6-5-7-11-25/h5-7,10-11,13-20H,4,8-9,12,21H2,1-3H3. The molecule has 0 aliphatic rings. The summed E-state index contributed by atoms with van der Waals surface area (Å²) in [5.41, 5.74) is 4.33. The van der Waals surface area contributed by atoms with Crippen molar-refractivity contribution in [1.82, 2.24) is 9.88 Å². The van der Waals surface area contributed by atoms with Gasteiger partial charge in [-0.2, -0.15) is 0 Å². The fourth-order valence-electron chi connectivity index (χ4n) is 3.97. The summed E-state index contributed by atoms with van der Waals surface area (Å²) in [6, 6.07) is 25.4. The SMILES string of the molecule is CCN(Cc1ccc(CCCc2nc(-c3ccccc3)oc2C)cc1)C(=O)Oc1ccc(OC)cc1. The summed E-state index contributed by atoms with van der Waals surface area (Å²) in [6.45, 7) is 4.96. The van der Waals surface area contributed by atoms with Gasteiger partial charge in [0.2, 0.25) is 5.89 Å². The predicted octanol–water partition coefficient (Wildman–Crippen LogP) is 6.85. The number of carbonyl (C=O) groups is 1. The quantitative estimate of drug-likeness (QED) is 0.246. The first-order valence-corrected chi connectivity index (χ1v) is 12.3. The molecule has 3 aromatic carbocycles. The van der Waals surface area contributed by atoms with Crippen molar-refractivity contribution < 1.29 is 18.7 Å². The van der Waals surface area contributed by atoms with Crippen LogP contribution in [-0.2, 0) is 19.4 Å². The van der Waals surface area contributed by atoms with Crippen molar-refractivity contribution in [3.8, 4) is 23.0 Å². The Balaban J connectivity index is 1.27. The molecule has 0 radical (unpaired) electrons. The maximum Gasteiger partial charge on any atom is 0.415 e. The minimum Gasteiger partial charge on any atom is -0.497 e. The number of hydrogen-bond acceptors (Lipinski definition) is 5. The van der Waals surface area contributed by atoms with Gasteiger partial charge in [-0.25, -0.2) is 9.78 Å².